The molecule has 0 aromatic heterocycles. The van der Waals surface area contributed by atoms with Crippen LogP contribution in [0.5, 0.6) is 0 Å². The molecule has 2 N–H and O–H groups in total. The Bertz CT molecular complexity index is 206. The van der Waals surface area contributed by atoms with E-state index in [1.54, 1.807) is 0 Å². The first-order valence-corrected chi connectivity index (χ1v) is 4.56. The van der Waals surface area contributed by atoms with Gasteiger partial charge in [0.1, 0.15) is 0 Å². The van der Waals surface area contributed by atoms with Gasteiger partial charge in [-0.15, -0.1) is 0 Å². The second-order valence-electron chi connectivity index (χ2n) is 3.59. The highest BCUT2D eigenvalue weighted by Crippen LogP contribution is 2.33. The standard InChI is InChI=1S/C9H14O4/c10-8(11)5-7(9(12)13)6-3-1-2-4-6/h6-7H,1-5H2,(H,10,11)(H,12,13)/t7-/m1/s1. The summed E-state index contributed by atoms with van der Waals surface area (Å²) in [5.41, 5.74) is 0. The van der Waals surface area contributed by atoms with Crippen molar-refractivity contribution >= 4 is 11.9 Å². The zero-order valence-corrected chi connectivity index (χ0v) is 7.40. The third-order valence-corrected chi connectivity index (χ3v) is 2.68. The molecule has 4 nitrogen and oxygen atoms in total. The average Bonchev–Trinajstić information content (AvgIpc) is 2.50. The van der Waals surface area contributed by atoms with Crippen LogP contribution < -0.4 is 0 Å². The van der Waals surface area contributed by atoms with E-state index in [-0.39, 0.29) is 12.3 Å². The molecular formula is C9H14O4. The molecule has 1 atom stereocenters. The maximum Gasteiger partial charge on any atom is 0.307 e. The van der Waals surface area contributed by atoms with E-state index in [2.05, 4.69) is 0 Å². The molecule has 0 unspecified atom stereocenters. The van der Waals surface area contributed by atoms with E-state index in [1.165, 1.54) is 0 Å². The van der Waals surface area contributed by atoms with Gasteiger partial charge in [-0.3, -0.25) is 9.59 Å². The smallest absolute Gasteiger partial charge is 0.307 e. The number of rotatable bonds is 4. The molecule has 0 aliphatic heterocycles. The summed E-state index contributed by atoms with van der Waals surface area (Å²) in [7, 11) is 0. The van der Waals surface area contributed by atoms with Crippen molar-refractivity contribution in [3.63, 3.8) is 0 Å². The molecule has 1 aliphatic rings. The SMILES string of the molecule is O=C(O)C[C@@H](C(=O)O)C1CCCC1. The van der Waals surface area contributed by atoms with E-state index in [0.717, 1.165) is 25.7 Å². The van der Waals surface area contributed by atoms with Crippen LogP contribution in [0.25, 0.3) is 0 Å². The Morgan fingerprint density at radius 1 is 1.23 bits per heavy atom. The Balaban J connectivity index is 2.55. The van der Waals surface area contributed by atoms with Crippen LogP contribution in [-0.2, 0) is 9.59 Å². The summed E-state index contributed by atoms with van der Waals surface area (Å²) < 4.78 is 0. The Hall–Kier alpha value is -1.06. The van der Waals surface area contributed by atoms with Gasteiger partial charge in [0.2, 0.25) is 0 Å². The highest BCUT2D eigenvalue weighted by Gasteiger charge is 2.31. The molecule has 0 radical (unpaired) electrons. The predicted molar refractivity (Wildman–Crippen MR) is 45.3 cm³/mol. The van der Waals surface area contributed by atoms with E-state index in [1.807, 2.05) is 0 Å². The minimum Gasteiger partial charge on any atom is -0.481 e. The fourth-order valence-electron chi connectivity index (χ4n) is 2.00. The summed E-state index contributed by atoms with van der Waals surface area (Å²) in [6, 6.07) is 0. The molecule has 0 heterocycles. The van der Waals surface area contributed by atoms with Crippen LogP contribution in [0.4, 0.5) is 0 Å². The number of hydrogen-bond acceptors (Lipinski definition) is 2. The summed E-state index contributed by atoms with van der Waals surface area (Å²) in [5.74, 6) is -2.58. The van der Waals surface area contributed by atoms with Gasteiger partial charge < -0.3 is 10.2 Å². The lowest BCUT2D eigenvalue weighted by Crippen LogP contribution is -2.24. The normalized spacial score (nSPS) is 20.0. The van der Waals surface area contributed by atoms with E-state index < -0.39 is 17.9 Å². The number of aliphatic carboxylic acids is 2. The Morgan fingerprint density at radius 2 is 1.77 bits per heavy atom. The summed E-state index contributed by atoms with van der Waals surface area (Å²) in [5, 5.41) is 17.3. The number of carboxylic acids is 2. The number of carbonyl (C=O) groups is 2. The van der Waals surface area contributed by atoms with Gasteiger partial charge in [-0.2, -0.15) is 0 Å². The molecule has 1 aliphatic carbocycles. The van der Waals surface area contributed by atoms with Crippen molar-refractivity contribution < 1.29 is 19.8 Å². The average molecular weight is 186 g/mol. The monoisotopic (exact) mass is 186 g/mol. The van der Waals surface area contributed by atoms with E-state index >= 15 is 0 Å². The molecule has 1 saturated carbocycles. The molecule has 0 spiro atoms. The molecular weight excluding hydrogens is 172 g/mol. The maximum atomic E-state index is 10.8. The van der Waals surface area contributed by atoms with Crippen molar-refractivity contribution in [1.82, 2.24) is 0 Å². The van der Waals surface area contributed by atoms with Gasteiger partial charge in [-0.1, -0.05) is 12.8 Å². The maximum absolute atomic E-state index is 10.8. The van der Waals surface area contributed by atoms with Crippen molar-refractivity contribution in [3.8, 4) is 0 Å². The second kappa shape index (κ2) is 4.25. The molecule has 1 fully saturated rings. The fourth-order valence-corrected chi connectivity index (χ4v) is 2.00. The van der Waals surface area contributed by atoms with Crippen LogP contribution >= 0.6 is 0 Å². The Morgan fingerprint density at radius 3 is 2.15 bits per heavy atom. The molecule has 0 aromatic rings. The van der Waals surface area contributed by atoms with Crippen molar-refractivity contribution in [3.05, 3.63) is 0 Å². The molecule has 0 saturated heterocycles. The molecule has 4 heteroatoms. The van der Waals surface area contributed by atoms with Gasteiger partial charge in [-0.05, 0) is 18.8 Å². The molecule has 1 rings (SSSR count). The van der Waals surface area contributed by atoms with Gasteiger partial charge >= 0.3 is 11.9 Å². The van der Waals surface area contributed by atoms with Gasteiger partial charge in [0.05, 0.1) is 12.3 Å². The minimum atomic E-state index is -1.01. The highest BCUT2D eigenvalue weighted by molar-refractivity contribution is 5.78. The lowest BCUT2D eigenvalue weighted by Gasteiger charge is -2.16. The second-order valence-corrected chi connectivity index (χ2v) is 3.59. The van der Waals surface area contributed by atoms with Crippen LogP contribution in [0.1, 0.15) is 32.1 Å². The van der Waals surface area contributed by atoms with E-state index in [0.29, 0.717) is 0 Å². The number of carboxylic acid groups (broad SMARTS) is 2. The van der Waals surface area contributed by atoms with Gasteiger partial charge in [0, 0.05) is 0 Å². The largest absolute Gasteiger partial charge is 0.481 e. The summed E-state index contributed by atoms with van der Waals surface area (Å²) >= 11 is 0. The fraction of sp³-hybridized carbons (Fsp3) is 0.778. The van der Waals surface area contributed by atoms with Crippen molar-refractivity contribution in [2.75, 3.05) is 0 Å². The van der Waals surface area contributed by atoms with Crippen molar-refractivity contribution in [1.29, 1.82) is 0 Å². The first kappa shape index (κ1) is 10.0. The Kier molecular flexibility index (Phi) is 3.28. The van der Waals surface area contributed by atoms with Crippen LogP contribution in [0.2, 0.25) is 0 Å². The van der Waals surface area contributed by atoms with Crippen LogP contribution in [0.3, 0.4) is 0 Å². The summed E-state index contributed by atoms with van der Waals surface area (Å²) in [6.45, 7) is 0. The van der Waals surface area contributed by atoms with Crippen molar-refractivity contribution in [2.24, 2.45) is 11.8 Å². The number of hydrogen-bond donors (Lipinski definition) is 2. The lowest BCUT2D eigenvalue weighted by atomic mass is 9.88. The van der Waals surface area contributed by atoms with Crippen LogP contribution in [0.15, 0.2) is 0 Å². The van der Waals surface area contributed by atoms with Crippen LogP contribution in [0, 0.1) is 11.8 Å². The van der Waals surface area contributed by atoms with Gasteiger partial charge in [0.25, 0.3) is 0 Å². The molecule has 0 amide bonds. The third kappa shape index (κ3) is 2.72. The zero-order chi connectivity index (χ0) is 9.84. The zero-order valence-electron chi connectivity index (χ0n) is 7.40. The lowest BCUT2D eigenvalue weighted by molar-refractivity contribution is -0.150. The topological polar surface area (TPSA) is 74.6 Å². The quantitative estimate of drug-likeness (QED) is 0.695. The van der Waals surface area contributed by atoms with Crippen LogP contribution in [-0.4, -0.2) is 22.2 Å². The first-order chi connectivity index (χ1) is 6.11. The van der Waals surface area contributed by atoms with E-state index in [9.17, 15) is 9.59 Å². The Labute approximate surface area is 76.6 Å². The third-order valence-electron chi connectivity index (χ3n) is 2.68. The van der Waals surface area contributed by atoms with Crippen molar-refractivity contribution in [2.45, 2.75) is 32.1 Å². The highest BCUT2D eigenvalue weighted by atomic mass is 16.4. The van der Waals surface area contributed by atoms with E-state index in [4.69, 9.17) is 10.2 Å². The molecule has 74 valence electrons. The van der Waals surface area contributed by atoms with Gasteiger partial charge in [0.15, 0.2) is 0 Å². The molecule has 0 bridgehead atoms. The molecule has 0 aromatic carbocycles. The first-order valence-electron chi connectivity index (χ1n) is 4.56. The predicted octanol–water partition coefficient (Wildman–Crippen LogP) is 1.35. The minimum absolute atomic E-state index is 0.0774. The van der Waals surface area contributed by atoms with Gasteiger partial charge in [-0.25, -0.2) is 0 Å². The molecule has 13 heavy (non-hydrogen) atoms. The summed E-state index contributed by atoms with van der Waals surface area (Å²) in [4.78, 5) is 21.2. The summed E-state index contributed by atoms with van der Waals surface area (Å²) in [6.07, 6.45) is 3.57.